The van der Waals surface area contributed by atoms with Crippen LogP contribution < -0.4 is 5.54 Å². The Morgan fingerprint density at radius 2 is 2.40 bits per heavy atom. The molecule has 1 fully saturated rings. The summed E-state index contributed by atoms with van der Waals surface area (Å²) >= 11 is 0. The summed E-state index contributed by atoms with van der Waals surface area (Å²) in [6, 6.07) is -0.178. The average molecular weight is 149 g/mol. The Hall–Kier alpha value is -0.190. The van der Waals surface area contributed by atoms with Crippen LogP contribution in [0.1, 0.15) is 12.8 Å². The van der Waals surface area contributed by atoms with Gasteiger partial charge in [-0.3, -0.25) is 0 Å². The molecule has 0 aromatic carbocycles. The molecule has 0 bridgehead atoms. The van der Waals surface area contributed by atoms with Crippen LogP contribution in [-0.4, -0.2) is 30.5 Å². The highest BCUT2D eigenvalue weighted by atomic mass is 19.2. The molecule has 1 aliphatic rings. The van der Waals surface area contributed by atoms with Gasteiger partial charge in [-0.2, -0.15) is 5.54 Å². The van der Waals surface area contributed by atoms with Crippen LogP contribution >= 0.6 is 0 Å². The summed E-state index contributed by atoms with van der Waals surface area (Å²) < 4.78 is 16.8. The minimum atomic E-state index is -0.178. The van der Waals surface area contributed by atoms with E-state index in [0.29, 0.717) is 6.61 Å². The van der Waals surface area contributed by atoms with Crippen molar-refractivity contribution >= 4 is 0 Å². The SMILES string of the molecule is OCC1CCC(NF)CO1. The number of halogens is 1. The molecule has 0 aromatic rings. The van der Waals surface area contributed by atoms with Crippen molar-refractivity contribution in [1.29, 1.82) is 0 Å². The number of rotatable bonds is 2. The number of aliphatic hydroxyl groups excluding tert-OH is 1. The fraction of sp³-hybridized carbons (Fsp3) is 1.00. The van der Waals surface area contributed by atoms with Gasteiger partial charge in [0.15, 0.2) is 0 Å². The monoisotopic (exact) mass is 149 g/mol. The Bertz CT molecular complexity index is 81.7. The number of aliphatic hydroxyl groups is 1. The van der Waals surface area contributed by atoms with Crippen molar-refractivity contribution in [3.63, 3.8) is 0 Å². The van der Waals surface area contributed by atoms with Gasteiger partial charge in [-0.15, -0.1) is 4.48 Å². The fourth-order valence-corrected chi connectivity index (χ4v) is 1.04. The van der Waals surface area contributed by atoms with E-state index in [2.05, 4.69) is 0 Å². The van der Waals surface area contributed by atoms with E-state index in [1.54, 1.807) is 5.54 Å². The zero-order valence-corrected chi connectivity index (χ0v) is 5.72. The summed E-state index contributed by atoms with van der Waals surface area (Å²) in [4.78, 5) is 0. The second-order valence-corrected chi connectivity index (χ2v) is 2.52. The van der Waals surface area contributed by atoms with Crippen molar-refractivity contribution in [2.45, 2.75) is 25.0 Å². The molecule has 0 aliphatic carbocycles. The zero-order chi connectivity index (χ0) is 7.40. The van der Waals surface area contributed by atoms with Crippen molar-refractivity contribution in [3.8, 4) is 0 Å². The number of ether oxygens (including phenoxy) is 1. The Labute approximate surface area is 59.1 Å². The van der Waals surface area contributed by atoms with Crippen LogP contribution in [0, 0.1) is 0 Å². The lowest BCUT2D eigenvalue weighted by Gasteiger charge is -2.25. The number of nitrogens with one attached hydrogen (secondary N) is 1. The summed E-state index contributed by atoms with van der Waals surface area (Å²) in [5.74, 6) is 0. The molecule has 1 aliphatic heterocycles. The Morgan fingerprint density at radius 1 is 1.60 bits per heavy atom. The summed E-state index contributed by atoms with van der Waals surface area (Å²) in [5.41, 5.74) is 1.64. The first-order chi connectivity index (χ1) is 4.86. The largest absolute Gasteiger partial charge is 0.394 e. The van der Waals surface area contributed by atoms with Crippen molar-refractivity contribution in [2.75, 3.05) is 13.2 Å². The van der Waals surface area contributed by atoms with Crippen LogP contribution in [0.3, 0.4) is 0 Å². The molecule has 0 spiro atoms. The van der Waals surface area contributed by atoms with E-state index in [0.717, 1.165) is 12.8 Å². The molecule has 2 N–H and O–H groups in total. The van der Waals surface area contributed by atoms with E-state index in [1.807, 2.05) is 0 Å². The first-order valence-electron chi connectivity index (χ1n) is 3.45. The molecule has 3 nitrogen and oxygen atoms in total. The summed E-state index contributed by atoms with van der Waals surface area (Å²) in [6.07, 6.45) is 1.39. The van der Waals surface area contributed by atoms with Crippen molar-refractivity contribution in [1.82, 2.24) is 5.54 Å². The Kier molecular flexibility index (Phi) is 3.05. The molecule has 60 valence electrons. The van der Waals surface area contributed by atoms with Gasteiger partial charge in [-0.1, -0.05) is 0 Å². The third kappa shape index (κ3) is 1.90. The highest BCUT2D eigenvalue weighted by Gasteiger charge is 2.20. The lowest BCUT2D eigenvalue weighted by molar-refractivity contribution is -0.0418. The normalized spacial score (nSPS) is 34.2. The smallest absolute Gasteiger partial charge is 0.0807 e. The predicted octanol–water partition coefficient (Wildman–Crippen LogP) is 0.000400. The quantitative estimate of drug-likeness (QED) is 0.543. The molecular formula is C6H12FNO2. The van der Waals surface area contributed by atoms with Gasteiger partial charge in [-0.25, -0.2) is 0 Å². The second-order valence-electron chi connectivity index (χ2n) is 2.52. The lowest BCUT2D eigenvalue weighted by Crippen LogP contribution is -2.37. The first-order valence-corrected chi connectivity index (χ1v) is 3.45. The standard InChI is InChI=1S/C6H12FNO2/c7-8-5-1-2-6(3-9)10-4-5/h5-6,8-9H,1-4H2. The Balaban J connectivity index is 2.17. The van der Waals surface area contributed by atoms with Gasteiger partial charge < -0.3 is 9.84 Å². The maximum Gasteiger partial charge on any atom is 0.0807 e. The predicted molar refractivity (Wildman–Crippen MR) is 34.1 cm³/mol. The molecule has 2 unspecified atom stereocenters. The van der Waals surface area contributed by atoms with E-state index in [1.165, 1.54) is 0 Å². The van der Waals surface area contributed by atoms with Gasteiger partial charge >= 0.3 is 0 Å². The van der Waals surface area contributed by atoms with Gasteiger partial charge in [-0.05, 0) is 12.8 Å². The zero-order valence-electron chi connectivity index (χ0n) is 5.72. The molecule has 0 aromatic heterocycles. The number of hydrogen-bond donors (Lipinski definition) is 2. The summed E-state index contributed by atoms with van der Waals surface area (Å²) in [6.45, 7) is 0.404. The lowest BCUT2D eigenvalue weighted by atomic mass is 10.1. The van der Waals surface area contributed by atoms with Crippen molar-refractivity contribution in [3.05, 3.63) is 0 Å². The summed E-state index contributed by atoms with van der Waals surface area (Å²) in [7, 11) is 0. The van der Waals surface area contributed by atoms with Crippen molar-refractivity contribution < 1.29 is 14.3 Å². The van der Waals surface area contributed by atoms with Crippen LogP contribution in [0.15, 0.2) is 0 Å². The molecule has 2 atom stereocenters. The minimum absolute atomic E-state index is 0.0407. The highest BCUT2D eigenvalue weighted by Crippen LogP contribution is 2.12. The third-order valence-electron chi connectivity index (χ3n) is 1.73. The van der Waals surface area contributed by atoms with Crippen LogP contribution in [0.2, 0.25) is 0 Å². The minimum Gasteiger partial charge on any atom is -0.394 e. The molecule has 0 radical (unpaired) electrons. The third-order valence-corrected chi connectivity index (χ3v) is 1.73. The van der Waals surface area contributed by atoms with Gasteiger partial charge in [0.2, 0.25) is 0 Å². The average Bonchev–Trinajstić information content (AvgIpc) is 2.05. The van der Waals surface area contributed by atoms with Crippen molar-refractivity contribution in [2.24, 2.45) is 0 Å². The van der Waals surface area contributed by atoms with Gasteiger partial charge in [0.05, 0.1) is 25.4 Å². The molecule has 10 heavy (non-hydrogen) atoms. The van der Waals surface area contributed by atoms with E-state index in [4.69, 9.17) is 9.84 Å². The molecular weight excluding hydrogens is 137 g/mol. The molecule has 0 saturated carbocycles. The molecule has 4 heteroatoms. The molecule has 0 amide bonds. The van der Waals surface area contributed by atoms with Crippen LogP contribution in [-0.2, 0) is 4.74 Å². The van der Waals surface area contributed by atoms with E-state index in [-0.39, 0.29) is 18.8 Å². The maximum atomic E-state index is 11.7. The Morgan fingerprint density at radius 3 is 2.80 bits per heavy atom. The second kappa shape index (κ2) is 3.85. The number of hydrogen-bond acceptors (Lipinski definition) is 3. The summed E-state index contributed by atoms with van der Waals surface area (Å²) in [5, 5.41) is 8.61. The first kappa shape index (κ1) is 7.91. The maximum absolute atomic E-state index is 11.7. The highest BCUT2D eigenvalue weighted by molar-refractivity contribution is 4.71. The van der Waals surface area contributed by atoms with Gasteiger partial charge in [0, 0.05) is 0 Å². The van der Waals surface area contributed by atoms with Crippen LogP contribution in [0.5, 0.6) is 0 Å². The van der Waals surface area contributed by atoms with Crippen LogP contribution in [0.25, 0.3) is 0 Å². The molecule has 1 rings (SSSR count). The van der Waals surface area contributed by atoms with E-state index in [9.17, 15) is 4.48 Å². The van der Waals surface area contributed by atoms with Gasteiger partial charge in [0.25, 0.3) is 0 Å². The topological polar surface area (TPSA) is 41.5 Å². The van der Waals surface area contributed by atoms with E-state index < -0.39 is 0 Å². The molecule has 1 heterocycles. The van der Waals surface area contributed by atoms with Crippen LogP contribution in [0.4, 0.5) is 4.48 Å². The molecule has 1 saturated heterocycles. The fourth-order valence-electron chi connectivity index (χ4n) is 1.04. The van der Waals surface area contributed by atoms with E-state index >= 15 is 0 Å². The van der Waals surface area contributed by atoms with Gasteiger partial charge in [0.1, 0.15) is 0 Å².